The van der Waals surface area contributed by atoms with Crippen molar-refractivity contribution in [2.75, 3.05) is 5.32 Å². The van der Waals surface area contributed by atoms with E-state index < -0.39 is 11.9 Å². The van der Waals surface area contributed by atoms with E-state index >= 15 is 0 Å². The minimum Gasteiger partial charge on any atom is -0.508 e. The van der Waals surface area contributed by atoms with Gasteiger partial charge in [-0.2, -0.15) is 5.10 Å². The van der Waals surface area contributed by atoms with Crippen molar-refractivity contribution < 1.29 is 24.6 Å². The maximum atomic E-state index is 11.9. The Labute approximate surface area is 113 Å². The summed E-state index contributed by atoms with van der Waals surface area (Å²) in [5.41, 5.74) is 2.09. The highest BCUT2D eigenvalue weighted by Crippen LogP contribution is 2.21. The first-order valence-electron chi connectivity index (χ1n) is 5.70. The Morgan fingerprint density at radius 3 is 2.65 bits per heavy atom. The predicted octanol–water partition coefficient (Wildman–Crippen LogP) is 0.295. The molecule has 1 aromatic rings. The van der Waals surface area contributed by atoms with E-state index in [0.29, 0.717) is 0 Å². The molecule has 0 aromatic heterocycles. The van der Waals surface area contributed by atoms with Crippen molar-refractivity contribution in [2.24, 2.45) is 5.10 Å². The van der Waals surface area contributed by atoms with Gasteiger partial charge in [0.05, 0.1) is 11.3 Å². The Bertz CT molecular complexity index is 624. The standard InChI is InChI=1S/C12H11N3O5/c16-6-1-2-8(7(5-6)12(19)20)13-11(18)9-3-4-10(17)15-14-9/h1-2,5,16H,3-4H2,(H,13,18)(H,15,17)(H,19,20). The van der Waals surface area contributed by atoms with Gasteiger partial charge in [0.25, 0.3) is 5.91 Å². The van der Waals surface area contributed by atoms with E-state index in [4.69, 9.17) is 5.11 Å². The van der Waals surface area contributed by atoms with Crippen LogP contribution in [0.1, 0.15) is 23.2 Å². The second-order valence-electron chi connectivity index (χ2n) is 4.08. The van der Waals surface area contributed by atoms with Crippen LogP contribution in [0.15, 0.2) is 23.3 Å². The monoisotopic (exact) mass is 277 g/mol. The number of carboxylic acids is 1. The van der Waals surface area contributed by atoms with Gasteiger partial charge in [-0.1, -0.05) is 0 Å². The van der Waals surface area contributed by atoms with Crippen molar-refractivity contribution in [1.82, 2.24) is 5.43 Å². The minimum atomic E-state index is -1.28. The molecule has 0 atom stereocenters. The lowest BCUT2D eigenvalue weighted by molar-refractivity contribution is -0.121. The highest BCUT2D eigenvalue weighted by molar-refractivity contribution is 6.43. The number of aromatic hydroxyl groups is 1. The number of phenols is 1. The maximum Gasteiger partial charge on any atom is 0.337 e. The summed E-state index contributed by atoms with van der Waals surface area (Å²) in [7, 11) is 0. The molecule has 2 rings (SSSR count). The highest BCUT2D eigenvalue weighted by Gasteiger charge is 2.20. The number of rotatable bonds is 3. The molecular formula is C12H11N3O5. The summed E-state index contributed by atoms with van der Waals surface area (Å²) in [6.07, 6.45) is 0.325. The van der Waals surface area contributed by atoms with Crippen molar-refractivity contribution in [3.05, 3.63) is 23.8 Å². The molecular weight excluding hydrogens is 266 g/mol. The molecule has 0 spiro atoms. The molecule has 1 aliphatic rings. The lowest BCUT2D eigenvalue weighted by Gasteiger charge is -2.13. The molecule has 2 amide bonds. The summed E-state index contributed by atoms with van der Waals surface area (Å²) in [4.78, 5) is 33.8. The molecule has 0 radical (unpaired) electrons. The molecule has 1 heterocycles. The van der Waals surface area contributed by atoms with Crippen LogP contribution in [0.5, 0.6) is 5.75 Å². The number of carbonyl (C=O) groups excluding carboxylic acids is 2. The number of carbonyl (C=O) groups is 3. The fraction of sp³-hybridized carbons (Fsp3) is 0.167. The van der Waals surface area contributed by atoms with Crippen molar-refractivity contribution in [3.63, 3.8) is 0 Å². The number of aromatic carboxylic acids is 1. The smallest absolute Gasteiger partial charge is 0.337 e. The SMILES string of the molecule is O=C1CCC(C(=O)Nc2ccc(O)cc2C(=O)O)=NN1. The molecule has 0 unspecified atom stereocenters. The molecule has 1 aromatic carbocycles. The number of hydrogen-bond donors (Lipinski definition) is 4. The van der Waals surface area contributed by atoms with Gasteiger partial charge in [-0.3, -0.25) is 9.59 Å². The molecule has 20 heavy (non-hydrogen) atoms. The third-order valence-corrected chi connectivity index (χ3v) is 2.65. The van der Waals surface area contributed by atoms with Gasteiger partial charge in [0.1, 0.15) is 11.5 Å². The number of phenolic OH excluding ortho intramolecular Hbond substituents is 1. The lowest BCUT2D eigenvalue weighted by Crippen LogP contribution is -2.33. The van der Waals surface area contributed by atoms with E-state index in [-0.39, 0.29) is 41.5 Å². The number of benzene rings is 1. The number of nitrogens with zero attached hydrogens (tertiary/aromatic N) is 1. The quantitative estimate of drug-likeness (QED) is 0.590. The molecule has 8 heteroatoms. The zero-order valence-corrected chi connectivity index (χ0v) is 10.2. The topological polar surface area (TPSA) is 128 Å². The Morgan fingerprint density at radius 2 is 2.05 bits per heavy atom. The first-order chi connectivity index (χ1) is 9.47. The predicted molar refractivity (Wildman–Crippen MR) is 68.5 cm³/mol. The molecule has 8 nitrogen and oxygen atoms in total. The molecule has 4 N–H and O–H groups in total. The molecule has 0 aliphatic carbocycles. The largest absolute Gasteiger partial charge is 0.508 e. The number of hydrazone groups is 1. The highest BCUT2D eigenvalue weighted by atomic mass is 16.4. The third kappa shape index (κ3) is 2.91. The average Bonchev–Trinajstić information content (AvgIpc) is 2.41. The van der Waals surface area contributed by atoms with E-state index in [2.05, 4.69) is 15.8 Å². The Kier molecular flexibility index (Phi) is 3.65. The van der Waals surface area contributed by atoms with E-state index in [0.717, 1.165) is 6.07 Å². The van der Waals surface area contributed by atoms with E-state index in [1.807, 2.05) is 0 Å². The molecule has 0 saturated carbocycles. The normalized spacial score (nSPS) is 14.2. The van der Waals surface area contributed by atoms with Crippen LogP contribution in [-0.2, 0) is 9.59 Å². The molecule has 1 aliphatic heterocycles. The summed E-state index contributed by atoms with van der Waals surface area (Å²) in [6.45, 7) is 0. The van der Waals surface area contributed by atoms with Crippen molar-refractivity contribution in [3.8, 4) is 5.75 Å². The van der Waals surface area contributed by atoms with E-state index in [1.54, 1.807) is 0 Å². The van der Waals surface area contributed by atoms with Crippen LogP contribution in [0.2, 0.25) is 0 Å². The number of nitrogens with one attached hydrogen (secondary N) is 2. The summed E-state index contributed by atoms with van der Waals surface area (Å²) in [6, 6.07) is 3.56. The van der Waals surface area contributed by atoms with E-state index in [9.17, 15) is 19.5 Å². The maximum absolute atomic E-state index is 11.9. The minimum absolute atomic E-state index is 0.0416. The van der Waals surface area contributed by atoms with E-state index in [1.165, 1.54) is 12.1 Å². The van der Waals surface area contributed by atoms with Crippen LogP contribution in [0, 0.1) is 0 Å². The van der Waals surface area contributed by atoms with Gasteiger partial charge < -0.3 is 15.5 Å². The van der Waals surface area contributed by atoms with Gasteiger partial charge in [-0.25, -0.2) is 10.2 Å². The van der Waals surface area contributed by atoms with Crippen LogP contribution in [0.25, 0.3) is 0 Å². The Balaban J connectivity index is 2.20. The number of hydrogen-bond acceptors (Lipinski definition) is 5. The zero-order chi connectivity index (χ0) is 14.7. The molecule has 0 bridgehead atoms. The van der Waals surface area contributed by atoms with Gasteiger partial charge >= 0.3 is 5.97 Å². The third-order valence-electron chi connectivity index (χ3n) is 2.65. The second kappa shape index (κ2) is 5.39. The van der Waals surface area contributed by atoms with Gasteiger partial charge in [-0.05, 0) is 18.2 Å². The zero-order valence-electron chi connectivity index (χ0n) is 10.2. The molecule has 0 fully saturated rings. The Morgan fingerprint density at radius 1 is 1.30 bits per heavy atom. The van der Waals surface area contributed by atoms with Gasteiger partial charge in [0.15, 0.2) is 0 Å². The number of anilines is 1. The van der Waals surface area contributed by atoms with Gasteiger partial charge in [-0.15, -0.1) is 0 Å². The van der Waals surface area contributed by atoms with Crippen molar-refractivity contribution in [2.45, 2.75) is 12.8 Å². The Hall–Kier alpha value is -2.90. The van der Waals surface area contributed by atoms with Crippen LogP contribution < -0.4 is 10.7 Å². The van der Waals surface area contributed by atoms with Crippen LogP contribution in [-0.4, -0.2) is 33.7 Å². The fourth-order valence-electron chi connectivity index (χ4n) is 1.65. The fourth-order valence-corrected chi connectivity index (χ4v) is 1.65. The first-order valence-corrected chi connectivity index (χ1v) is 5.70. The summed E-state index contributed by atoms with van der Waals surface area (Å²) >= 11 is 0. The summed E-state index contributed by atoms with van der Waals surface area (Å²) in [5, 5.41) is 24.2. The van der Waals surface area contributed by atoms with Crippen LogP contribution >= 0.6 is 0 Å². The number of amides is 2. The average molecular weight is 277 g/mol. The summed E-state index contributed by atoms with van der Waals surface area (Å²) < 4.78 is 0. The van der Waals surface area contributed by atoms with Crippen LogP contribution in [0.4, 0.5) is 5.69 Å². The second-order valence-corrected chi connectivity index (χ2v) is 4.08. The summed E-state index contributed by atoms with van der Waals surface area (Å²) in [5.74, 6) is -2.38. The molecule has 104 valence electrons. The van der Waals surface area contributed by atoms with Crippen molar-refractivity contribution >= 4 is 29.2 Å². The molecule has 0 saturated heterocycles. The van der Waals surface area contributed by atoms with Crippen molar-refractivity contribution in [1.29, 1.82) is 0 Å². The number of carboxylic acid groups (broad SMARTS) is 1. The lowest BCUT2D eigenvalue weighted by atomic mass is 10.1. The first kappa shape index (κ1) is 13.5. The van der Waals surface area contributed by atoms with Gasteiger partial charge in [0.2, 0.25) is 5.91 Å². The van der Waals surface area contributed by atoms with Gasteiger partial charge in [0, 0.05) is 12.8 Å². The van der Waals surface area contributed by atoms with Crippen LogP contribution in [0.3, 0.4) is 0 Å².